The van der Waals surface area contributed by atoms with Crippen LogP contribution in [0.5, 0.6) is 0 Å². The van der Waals surface area contributed by atoms with Crippen molar-refractivity contribution in [2.24, 2.45) is 0 Å². The smallest absolute Gasteiger partial charge is 0.187 e. The molecular weight excluding hydrogens is 176 g/mol. The molecule has 12 heavy (non-hydrogen) atoms. The van der Waals surface area contributed by atoms with Gasteiger partial charge in [-0.3, -0.25) is 0 Å². The molecule has 0 spiro atoms. The van der Waals surface area contributed by atoms with Gasteiger partial charge in [0.05, 0.1) is 0 Å². The first-order valence-electron chi connectivity index (χ1n) is 3.43. The van der Waals surface area contributed by atoms with Gasteiger partial charge in [0.25, 0.3) is 0 Å². The van der Waals surface area contributed by atoms with Crippen LogP contribution < -0.4 is 0 Å². The summed E-state index contributed by atoms with van der Waals surface area (Å²) in [6.07, 6.45) is 0. The summed E-state index contributed by atoms with van der Waals surface area (Å²) in [5, 5.41) is 0. The second-order valence-electron chi connectivity index (χ2n) is 2.25. The second-order valence-corrected chi connectivity index (χ2v) is 3.23. The summed E-state index contributed by atoms with van der Waals surface area (Å²) in [6.45, 7) is 0. The van der Waals surface area contributed by atoms with E-state index in [4.69, 9.17) is 9.29 Å². The summed E-state index contributed by atoms with van der Waals surface area (Å²) in [6, 6.07) is 8.95. The average molecular weight is 186 g/mol. The molecule has 1 rings (SSSR count). The van der Waals surface area contributed by atoms with Gasteiger partial charge in [-0.15, -0.1) is 0 Å². The first-order chi connectivity index (χ1) is 5.75. The molecule has 66 valence electrons. The van der Waals surface area contributed by atoms with Gasteiger partial charge in [0, 0.05) is 7.11 Å². The zero-order valence-electron chi connectivity index (χ0n) is 6.64. The van der Waals surface area contributed by atoms with Crippen molar-refractivity contribution in [2.45, 2.75) is 5.44 Å². The van der Waals surface area contributed by atoms with Crippen LogP contribution in [0.1, 0.15) is 11.0 Å². The number of ether oxygens (including phenoxy) is 1. The lowest BCUT2D eigenvalue weighted by molar-refractivity contribution is 0.164. The van der Waals surface area contributed by atoms with Gasteiger partial charge in [-0.2, -0.15) is 0 Å². The van der Waals surface area contributed by atoms with Crippen molar-refractivity contribution in [1.82, 2.24) is 0 Å². The molecule has 1 aromatic rings. The monoisotopic (exact) mass is 186 g/mol. The van der Waals surface area contributed by atoms with Crippen molar-refractivity contribution in [3.8, 4) is 0 Å². The molecule has 3 nitrogen and oxygen atoms in total. The molecule has 0 bridgehead atoms. The van der Waals surface area contributed by atoms with Gasteiger partial charge >= 0.3 is 0 Å². The van der Waals surface area contributed by atoms with Crippen LogP contribution in [0.3, 0.4) is 0 Å². The minimum absolute atomic E-state index is 0.709. The third-order valence-electron chi connectivity index (χ3n) is 1.47. The molecule has 0 amide bonds. The predicted octanol–water partition coefficient (Wildman–Crippen LogP) is 1.55. The van der Waals surface area contributed by atoms with E-state index in [0.717, 1.165) is 0 Å². The van der Waals surface area contributed by atoms with Crippen LogP contribution >= 0.6 is 0 Å². The lowest BCUT2D eigenvalue weighted by Gasteiger charge is -2.10. The minimum atomic E-state index is -1.98. The van der Waals surface area contributed by atoms with Crippen LogP contribution in [0.15, 0.2) is 30.3 Å². The molecular formula is C8H10O3S. The Hall–Kier alpha value is -0.710. The standard InChI is InChI=1S/C8H10O3S/c1-11-8(12(9)10)7-5-3-2-4-6-7/h2-6,8H,1H3,(H,9,10). The average Bonchev–Trinajstić information content (AvgIpc) is 2.07. The Morgan fingerprint density at radius 3 is 2.42 bits per heavy atom. The molecule has 0 saturated carbocycles. The highest BCUT2D eigenvalue weighted by Gasteiger charge is 2.15. The van der Waals surface area contributed by atoms with Crippen molar-refractivity contribution in [3.63, 3.8) is 0 Å². The quantitative estimate of drug-likeness (QED) is 0.728. The fraction of sp³-hybridized carbons (Fsp3) is 0.250. The number of hydrogen-bond donors (Lipinski definition) is 1. The zero-order valence-corrected chi connectivity index (χ0v) is 7.45. The molecule has 2 atom stereocenters. The van der Waals surface area contributed by atoms with Gasteiger partial charge in [-0.25, -0.2) is 4.21 Å². The van der Waals surface area contributed by atoms with Gasteiger partial charge in [0.2, 0.25) is 0 Å². The Kier molecular flexibility index (Phi) is 3.40. The van der Waals surface area contributed by atoms with E-state index < -0.39 is 16.5 Å². The van der Waals surface area contributed by atoms with Crippen molar-refractivity contribution in [1.29, 1.82) is 0 Å². The highest BCUT2D eigenvalue weighted by molar-refractivity contribution is 7.79. The minimum Gasteiger partial charge on any atom is -0.361 e. The largest absolute Gasteiger partial charge is 0.361 e. The summed E-state index contributed by atoms with van der Waals surface area (Å²) in [7, 11) is 1.41. The van der Waals surface area contributed by atoms with Crippen molar-refractivity contribution >= 4 is 11.1 Å². The van der Waals surface area contributed by atoms with E-state index in [1.54, 1.807) is 24.3 Å². The molecule has 0 aliphatic carbocycles. The molecule has 0 aromatic heterocycles. The molecule has 2 unspecified atom stereocenters. The number of hydrogen-bond acceptors (Lipinski definition) is 2. The normalized spacial score (nSPS) is 15.5. The summed E-state index contributed by atoms with van der Waals surface area (Å²) >= 11 is -1.98. The summed E-state index contributed by atoms with van der Waals surface area (Å²) in [5.41, 5.74) is -0.0352. The zero-order chi connectivity index (χ0) is 8.97. The van der Waals surface area contributed by atoms with E-state index in [2.05, 4.69) is 0 Å². The third kappa shape index (κ3) is 2.14. The highest BCUT2D eigenvalue weighted by atomic mass is 32.2. The summed E-state index contributed by atoms with van der Waals surface area (Å²) < 4.78 is 24.4. The van der Waals surface area contributed by atoms with E-state index >= 15 is 0 Å². The molecule has 0 fully saturated rings. The molecule has 0 saturated heterocycles. The predicted molar refractivity (Wildman–Crippen MR) is 47.0 cm³/mol. The van der Waals surface area contributed by atoms with E-state index in [1.165, 1.54) is 7.11 Å². The van der Waals surface area contributed by atoms with Gasteiger partial charge in [-0.05, 0) is 5.56 Å². The summed E-state index contributed by atoms with van der Waals surface area (Å²) in [5.74, 6) is 0. The van der Waals surface area contributed by atoms with Crippen LogP contribution in [-0.4, -0.2) is 15.9 Å². The van der Waals surface area contributed by atoms with Crippen LogP contribution in [-0.2, 0) is 15.8 Å². The van der Waals surface area contributed by atoms with Crippen molar-refractivity contribution in [3.05, 3.63) is 35.9 Å². The number of methoxy groups -OCH3 is 1. The van der Waals surface area contributed by atoms with Gasteiger partial charge in [0.15, 0.2) is 16.5 Å². The SMILES string of the molecule is COC(c1ccccc1)S(=O)O. The van der Waals surface area contributed by atoms with E-state index in [9.17, 15) is 4.21 Å². The number of benzene rings is 1. The van der Waals surface area contributed by atoms with E-state index in [-0.39, 0.29) is 0 Å². The van der Waals surface area contributed by atoms with Crippen LogP contribution in [0.2, 0.25) is 0 Å². The summed E-state index contributed by atoms with van der Waals surface area (Å²) in [4.78, 5) is 0. The molecule has 0 aliphatic rings. The molecule has 4 heteroatoms. The van der Waals surface area contributed by atoms with Gasteiger partial charge in [-0.1, -0.05) is 30.3 Å². The van der Waals surface area contributed by atoms with Crippen LogP contribution in [0.4, 0.5) is 0 Å². The fourth-order valence-corrected chi connectivity index (χ4v) is 1.50. The Bertz CT molecular complexity index is 260. The Balaban J connectivity index is 2.88. The molecule has 1 N–H and O–H groups in total. The van der Waals surface area contributed by atoms with Crippen molar-refractivity contribution < 1.29 is 13.5 Å². The molecule has 0 radical (unpaired) electrons. The first-order valence-corrected chi connectivity index (χ1v) is 4.60. The molecule has 0 aliphatic heterocycles. The van der Waals surface area contributed by atoms with Gasteiger partial charge in [0.1, 0.15) is 0 Å². The van der Waals surface area contributed by atoms with Crippen molar-refractivity contribution in [2.75, 3.05) is 7.11 Å². The first kappa shape index (κ1) is 9.38. The lowest BCUT2D eigenvalue weighted by atomic mass is 10.2. The number of rotatable bonds is 3. The third-order valence-corrected chi connectivity index (χ3v) is 2.30. The van der Waals surface area contributed by atoms with E-state index in [0.29, 0.717) is 5.56 Å². The maximum atomic E-state index is 10.7. The lowest BCUT2D eigenvalue weighted by Crippen LogP contribution is -2.07. The van der Waals surface area contributed by atoms with Gasteiger partial charge < -0.3 is 9.29 Å². The maximum Gasteiger partial charge on any atom is 0.187 e. The fourth-order valence-electron chi connectivity index (χ4n) is 0.945. The molecule has 0 heterocycles. The Labute approximate surface area is 73.7 Å². The second kappa shape index (κ2) is 4.35. The van der Waals surface area contributed by atoms with Crippen LogP contribution in [0.25, 0.3) is 0 Å². The molecule has 1 aromatic carbocycles. The maximum absolute atomic E-state index is 10.7. The highest BCUT2D eigenvalue weighted by Crippen LogP contribution is 2.18. The Morgan fingerprint density at radius 1 is 1.42 bits per heavy atom. The van der Waals surface area contributed by atoms with E-state index in [1.807, 2.05) is 6.07 Å². The van der Waals surface area contributed by atoms with Crippen LogP contribution in [0, 0.1) is 0 Å². The Morgan fingerprint density at radius 2 is 2.00 bits per heavy atom. The topological polar surface area (TPSA) is 46.5 Å².